The maximum Gasteiger partial charge on any atom is 0.226 e. The number of hydrogen-bond donors (Lipinski definition) is 1. The zero-order valence-corrected chi connectivity index (χ0v) is 13.1. The molecule has 0 spiro atoms. The highest BCUT2D eigenvalue weighted by Crippen LogP contribution is 2.26. The minimum atomic E-state index is 0.136. The first-order valence-corrected chi connectivity index (χ1v) is 7.55. The van der Waals surface area contributed by atoms with Crippen molar-refractivity contribution < 1.29 is 4.79 Å². The van der Waals surface area contributed by atoms with E-state index in [9.17, 15) is 4.79 Å². The number of aryl methyl sites for hydroxylation is 2. The lowest BCUT2D eigenvalue weighted by molar-refractivity contribution is -0.137. The summed E-state index contributed by atoms with van der Waals surface area (Å²) < 4.78 is 0. The number of hydrogen-bond acceptors (Lipinski definition) is 2. The molecule has 1 aliphatic heterocycles. The zero-order chi connectivity index (χ0) is 14.7. The third-order valence-corrected chi connectivity index (χ3v) is 4.50. The molecular weight excluding hydrogens is 248 g/mol. The van der Waals surface area contributed by atoms with Crippen LogP contribution in [0.5, 0.6) is 0 Å². The van der Waals surface area contributed by atoms with Crippen molar-refractivity contribution in [3.05, 3.63) is 34.9 Å². The largest absolute Gasteiger partial charge is 0.339 e. The van der Waals surface area contributed by atoms with Gasteiger partial charge in [0.2, 0.25) is 5.91 Å². The second kappa shape index (κ2) is 6.40. The van der Waals surface area contributed by atoms with Crippen LogP contribution in [0.25, 0.3) is 0 Å². The van der Waals surface area contributed by atoms with E-state index in [1.165, 1.54) is 16.7 Å². The molecule has 2 rings (SSSR count). The number of carbonyl (C=O) groups excluding carboxylic acids is 1. The third-order valence-electron chi connectivity index (χ3n) is 4.50. The molecule has 1 aromatic rings. The van der Waals surface area contributed by atoms with E-state index in [1.54, 1.807) is 0 Å². The lowest BCUT2D eigenvalue weighted by Gasteiger charge is -2.32. The first-order chi connectivity index (χ1) is 9.50. The van der Waals surface area contributed by atoms with Crippen LogP contribution in [0.1, 0.15) is 42.5 Å². The Balaban J connectivity index is 2.12. The molecule has 1 saturated heterocycles. The van der Waals surface area contributed by atoms with Gasteiger partial charge in [-0.3, -0.25) is 4.79 Å². The van der Waals surface area contributed by atoms with Gasteiger partial charge in [0.25, 0.3) is 0 Å². The van der Waals surface area contributed by atoms with E-state index in [1.807, 2.05) is 11.9 Å². The van der Waals surface area contributed by atoms with Gasteiger partial charge in [-0.1, -0.05) is 23.8 Å². The summed E-state index contributed by atoms with van der Waals surface area (Å²) in [6.07, 6.45) is 1.92. The average molecular weight is 274 g/mol. The molecule has 0 unspecified atom stereocenters. The quantitative estimate of drug-likeness (QED) is 0.919. The Morgan fingerprint density at radius 3 is 2.60 bits per heavy atom. The van der Waals surface area contributed by atoms with Crippen LogP contribution in [0.3, 0.4) is 0 Å². The molecule has 0 radical (unpaired) electrons. The van der Waals surface area contributed by atoms with Crippen LogP contribution in [0.4, 0.5) is 0 Å². The fraction of sp³-hybridized carbons (Fsp3) is 0.588. The van der Waals surface area contributed by atoms with Gasteiger partial charge in [0.15, 0.2) is 0 Å². The molecule has 0 bridgehead atoms. The predicted octanol–water partition coefficient (Wildman–Crippen LogP) is 2.82. The summed E-state index contributed by atoms with van der Waals surface area (Å²) in [5.41, 5.74) is 3.77. The molecule has 1 N–H and O–H groups in total. The van der Waals surface area contributed by atoms with E-state index in [-0.39, 0.29) is 12.0 Å². The van der Waals surface area contributed by atoms with Crippen molar-refractivity contribution in [1.82, 2.24) is 10.2 Å². The van der Waals surface area contributed by atoms with Crippen LogP contribution < -0.4 is 5.32 Å². The lowest BCUT2D eigenvalue weighted by atomic mass is 9.94. The van der Waals surface area contributed by atoms with Crippen LogP contribution in [-0.2, 0) is 4.79 Å². The Kier molecular flexibility index (Phi) is 4.81. The molecule has 20 heavy (non-hydrogen) atoms. The smallest absolute Gasteiger partial charge is 0.226 e. The number of nitrogens with one attached hydrogen (secondary N) is 1. The van der Waals surface area contributed by atoms with E-state index in [0.29, 0.717) is 5.91 Å². The van der Waals surface area contributed by atoms with Gasteiger partial charge in [0.05, 0.1) is 6.04 Å². The van der Waals surface area contributed by atoms with Crippen LogP contribution in [0, 0.1) is 19.8 Å². The molecule has 1 amide bonds. The molecule has 1 heterocycles. The normalized spacial score (nSPS) is 17.8. The Morgan fingerprint density at radius 2 is 1.95 bits per heavy atom. The topological polar surface area (TPSA) is 32.3 Å². The van der Waals surface area contributed by atoms with Gasteiger partial charge in [0.1, 0.15) is 0 Å². The second-order valence-electron chi connectivity index (χ2n) is 6.01. The molecule has 1 aromatic carbocycles. The van der Waals surface area contributed by atoms with Crippen LogP contribution in [-0.4, -0.2) is 30.9 Å². The lowest BCUT2D eigenvalue weighted by Crippen LogP contribution is -2.40. The molecule has 0 aliphatic carbocycles. The van der Waals surface area contributed by atoms with Gasteiger partial charge in [-0.25, -0.2) is 0 Å². The minimum absolute atomic E-state index is 0.136. The summed E-state index contributed by atoms with van der Waals surface area (Å²) in [6.45, 7) is 8.27. The van der Waals surface area contributed by atoms with Crippen molar-refractivity contribution in [1.29, 1.82) is 0 Å². The van der Waals surface area contributed by atoms with E-state index in [2.05, 4.69) is 44.3 Å². The highest BCUT2D eigenvalue weighted by atomic mass is 16.2. The number of rotatable bonds is 3. The minimum Gasteiger partial charge on any atom is -0.339 e. The van der Waals surface area contributed by atoms with Crippen molar-refractivity contribution >= 4 is 5.91 Å². The Hall–Kier alpha value is -1.35. The van der Waals surface area contributed by atoms with Crippen molar-refractivity contribution in [3.8, 4) is 0 Å². The molecule has 1 fully saturated rings. The monoisotopic (exact) mass is 274 g/mol. The van der Waals surface area contributed by atoms with Crippen molar-refractivity contribution in [2.24, 2.45) is 5.92 Å². The summed E-state index contributed by atoms with van der Waals surface area (Å²) in [7, 11) is 1.94. The number of piperidine rings is 1. The number of amides is 1. The van der Waals surface area contributed by atoms with Gasteiger partial charge in [-0.15, -0.1) is 0 Å². The first-order valence-electron chi connectivity index (χ1n) is 7.55. The van der Waals surface area contributed by atoms with Gasteiger partial charge < -0.3 is 10.2 Å². The zero-order valence-electron chi connectivity index (χ0n) is 13.1. The summed E-state index contributed by atoms with van der Waals surface area (Å²) >= 11 is 0. The maximum absolute atomic E-state index is 12.6. The highest BCUT2D eigenvalue weighted by Gasteiger charge is 2.27. The number of benzene rings is 1. The SMILES string of the molecule is Cc1ccc(C)c([C@@H](C)N(C)C(=O)C2CCNCC2)c1. The highest BCUT2D eigenvalue weighted by molar-refractivity contribution is 5.79. The third kappa shape index (κ3) is 3.21. The Morgan fingerprint density at radius 1 is 1.30 bits per heavy atom. The molecule has 0 aromatic heterocycles. The summed E-state index contributed by atoms with van der Waals surface area (Å²) in [6, 6.07) is 6.61. The van der Waals surface area contributed by atoms with Gasteiger partial charge in [-0.05, 0) is 57.8 Å². The number of carbonyl (C=O) groups is 1. The van der Waals surface area contributed by atoms with Crippen LogP contribution in [0.15, 0.2) is 18.2 Å². The first kappa shape index (κ1) is 15.0. The van der Waals surface area contributed by atoms with Crippen molar-refractivity contribution in [3.63, 3.8) is 0 Å². The van der Waals surface area contributed by atoms with Crippen molar-refractivity contribution in [2.75, 3.05) is 20.1 Å². The molecule has 1 aliphatic rings. The molecule has 0 saturated carbocycles. The standard InChI is InChI=1S/C17H26N2O/c1-12-5-6-13(2)16(11-12)14(3)19(4)17(20)15-7-9-18-10-8-15/h5-6,11,14-15,18H,7-10H2,1-4H3/t14-/m1/s1. The fourth-order valence-corrected chi connectivity index (χ4v) is 2.97. The Labute approximate surface area is 122 Å². The van der Waals surface area contributed by atoms with E-state index in [4.69, 9.17) is 0 Å². The summed E-state index contributed by atoms with van der Waals surface area (Å²) in [5, 5.41) is 3.32. The molecule has 3 nitrogen and oxygen atoms in total. The number of nitrogens with zero attached hydrogens (tertiary/aromatic N) is 1. The maximum atomic E-state index is 12.6. The van der Waals surface area contributed by atoms with Crippen LogP contribution in [0.2, 0.25) is 0 Å². The van der Waals surface area contributed by atoms with Crippen LogP contribution >= 0.6 is 0 Å². The van der Waals surface area contributed by atoms with E-state index in [0.717, 1.165) is 25.9 Å². The van der Waals surface area contributed by atoms with E-state index >= 15 is 0 Å². The summed E-state index contributed by atoms with van der Waals surface area (Å²) in [4.78, 5) is 14.5. The second-order valence-corrected chi connectivity index (χ2v) is 6.01. The summed E-state index contributed by atoms with van der Waals surface area (Å²) in [5.74, 6) is 0.480. The molecular formula is C17H26N2O. The van der Waals surface area contributed by atoms with Gasteiger partial charge in [0, 0.05) is 13.0 Å². The van der Waals surface area contributed by atoms with Gasteiger partial charge in [-0.2, -0.15) is 0 Å². The Bertz CT molecular complexity index is 478. The fourth-order valence-electron chi connectivity index (χ4n) is 2.97. The molecule has 3 heteroatoms. The predicted molar refractivity (Wildman–Crippen MR) is 82.7 cm³/mol. The molecule has 1 atom stereocenters. The van der Waals surface area contributed by atoms with Crippen molar-refractivity contribution in [2.45, 2.75) is 39.7 Å². The van der Waals surface area contributed by atoms with E-state index < -0.39 is 0 Å². The average Bonchev–Trinajstić information content (AvgIpc) is 2.48. The molecule has 110 valence electrons. The van der Waals surface area contributed by atoms with Gasteiger partial charge >= 0.3 is 0 Å².